The van der Waals surface area contributed by atoms with Crippen LogP contribution in [-0.2, 0) is 9.59 Å². The van der Waals surface area contributed by atoms with Gasteiger partial charge >= 0.3 is 5.97 Å². The van der Waals surface area contributed by atoms with Crippen molar-refractivity contribution in [1.82, 2.24) is 10.2 Å². The van der Waals surface area contributed by atoms with Crippen molar-refractivity contribution in [2.45, 2.75) is 44.9 Å². The van der Waals surface area contributed by atoms with Gasteiger partial charge in [-0.1, -0.05) is 50.8 Å². The lowest BCUT2D eigenvalue weighted by Gasteiger charge is -2.22. The quantitative estimate of drug-likeness (QED) is 0.589. The maximum atomic E-state index is 11.9. The zero-order valence-corrected chi connectivity index (χ0v) is 14.3. The van der Waals surface area contributed by atoms with Gasteiger partial charge in [0.2, 0.25) is 11.0 Å². The topological polar surface area (TPSA) is 92.2 Å². The number of carboxylic acid groups (broad SMARTS) is 1. The zero-order valence-electron chi connectivity index (χ0n) is 12.7. The number of aromatic nitrogens is 2. The molecule has 0 bridgehead atoms. The SMILES string of the molecule is CC(CC(=O)Nc1nnc(SCC(=O)O)s1)CC(C)(C)C. The summed E-state index contributed by atoms with van der Waals surface area (Å²) >= 11 is 2.28. The van der Waals surface area contributed by atoms with E-state index < -0.39 is 5.97 Å². The van der Waals surface area contributed by atoms with Crippen LogP contribution in [0.3, 0.4) is 0 Å². The number of amides is 1. The summed E-state index contributed by atoms with van der Waals surface area (Å²) in [5.41, 5.74) is 0.197. The standard InChI is InChI=1S/C13H21N3O3S2/c1-8(6-13(2,3)4)5-9(17)14-11-15-16-12(21-11)20-7-10(18)19/h8H,5-7H2,1-4H3,(H,18,19)(H,14,15,17). The molecule has 2 N–H and O–H groups in total. The third-order valence-electron chi connectivity index (χ3n) is 2.47. The first-order valence-electron chi connectivity index (χ1n) is 6.63. The summed E-state index contributed by atoms with van der Waals surface area (Å²) in [7, 11) is 0. The fourth-order valence-corrected chi connectivity index (χ4v) is 3.53. The fourth-order valence-electron chi connectivity index (χ4n) is 2.05. The molecule has 1 aromatic rings. The van der Waals surface area contributed by atoms with Crippen molar-refractivity contribution < 1.29 is 14.7 Å². The molecule has 0 fully saturated rings. The number of carbonyl (C=O) groups is 2. The van der Waals surface area contributed by atoms with E-state index >= 15 is 0 Å². The number of anilines is 1. The summed E-state index contributed by atoms with van der Waals surface area (Å²) in [6.45, 7) is 8.51. The van der Waals surface area contributed by atoms with Crippen molar-refractivity contribution in [3.63, 3.8) is 0 Å². The minimum absolute atomic E-state index is 0.0643. The summed E-state index contributed by atoms with van der Waals surface area (Å²) in [5.74, 6) is -0.765. The van der Waals surface area contributed by atoms with Gasteiger partial charge < -0.3 is 10.4 Å². The average molecular weight is 331 g/mol. The van der Waals surface area contributed by atoms with E-state index in [0.29, 0.717) is 21.8 Å². The first-order chi connectivity index (χ1) is 9.65. The molecule has 0 saturated carbocycles. The van der Waals surface area contributed by atoms with E-state index in [2.05, 4.69) is 43.2 Å². The van der Waals surface area contributed by atoms with Crippen LogP contribution >= 0.6 is 23.1 Å². The van der Waals surface area contributed by atoms with Crippen LogP contribution in [0.5, 0.6) is 0 Å². The van der Waals surface area contributed by atoms with Crippen molar-refractivity contribution >= 4 is 40.1 Å². The number of carbonyl (C=O) groups excluding carboxylic acids is 1. The Bertz CT molecular complexity index is 497. The van der Waals surface area contributed by atoms with Crippen molar-refractivity contribution in [2.24, 2.45) is 11.3 Å². The highest BCUT2D eigenvalue weighted by Crippen LogP contribution is 2.27. The first-order valence-corrected chi connectivity index (χ1v) is 8.44. The summed E-state index contributed by atoms with van der Waals surface area (Å²) < 4.78 is 0.537. The molecule has 0 saturated heterocycles. The first kappa shape index (κ1) is 17.9. The van der Waals surface area contributed by atoms with Crippen LogP contribution < -0.4 is 5.32 Å². The lowest BCUT2D eigenvalue weighted by molar-refractivity contribution is -0.133. The Morgan fingerprint density at radius 1 is 1.38 bits per heavy atom. The molecule has 118 valence electrons. The molecule has 0 aliphatic rings. The Hall–Kier alpha value is -1.15. The van der Waals surface area contributed by atoms with Crippen molar-refractivity contribution in [3.05, 3.63) is 0 Å². The molecular formula is C13H21N3O3S2. The third kappa shape index (κ3) is 8.01. The predicted octanol–water partition coefficient (Wildman–Crippen LogP) is 3.12. The van der Waals surface area contributed by atoms with Gasteiger partial charge in [0, 0.05) is 6.42 Å². The van der Waals surface area contributed by atoms with E-state index in [1.807, 2.05) is 0 Å². The molecule has 1 amide bonds. The van der Waals surface area contributed by atoms with Gasteiger partial charge in [0.15, 0.2) is 4.34 Å². The number of nitrogens with one attached hydrogen (secondary N) is 1. The molecule has 0 aromatic carbocycles. The highest BCUT2D eigenvalue weighted by Gasteiger charge is 2.18. The summed E-state index contributed by atoms with van der Waals surface area (Å²) in [6.07, 6.45) is 1.41. The number of hydrogen-bond donors (Lipinski definition) is 2. The summed E-state index contributed by atoms with van der Waals surface area (Å²) in [6, 6.07) is 0. The normalized spacial score (nSPS) is 13.0. The molecule has 1 aromatic heterocycles. The van der Waals surface area contributed by atoms with E-state index in [9.17, 15) is 9.59 Å². The molecule has 1 rings (SSSR count). The molecular weight excluding hydrogens is 310 g/mol. The maximum Gasteiger partial charge on any atom is 0.313 e. The van der Waals surface area contributed by atoms with Gasteiger partial charge in [-0.2, -0.15) is 0 Å². The molecule has 1 unspecified atom stereocenters. The third-order valence-corrected chi connectivity index (χ3v) is 4.42. The van der Waals surface area contributed by atoms with E-state index in [1.165, 1.54) is 11.3 Å². The second-order valence-electron chi connectivity index (χ2n) is 6.18. The van der Waals surface area contributed by atoms with Crippen LogP contribution in [0.1, 0.15) is 40.5 Å². The van der Waals surface area contributed by atoms with Gasteiger partial charge in [-0.25, -0.2) is 0 Å². The Balaban J connectivity index is 2.42. The number of aliphatic carboxylic acids is 1. The molecule has 1 heterocycles. The highest BCUT2D eigenvalue weighted by atomic mass is 32.2. The van der Waals surface area contributed by atoms with E-state index in [1.54, 1.807) is 0 Å². The van der Waals surface area contributed by atoms with Gasteiger partial charge in [-0.05, 0) is 17.8 Å². The lowest BCUT2D eigenvalue weighted by atomic mass is 9.84. The number of carboxylic acids is 1. The van der Waals surface area contributed by atoms with Crippen LogP contribution in [-0.4, -0.2) is 32.9 Å². The monoisotopic (exact) mass is 331 g/mol. The average Bonchev–Trinajstić information content (AvgIpc) is 2.70. The molecule has 0 radical (unpaired) electrons. The smallest absolute Gasteiger partial charge is 0.313 e. The van der Waals surface area contributed by atoms with Crippen molar-refractivity contribution in [1.29, 1.82) is 0 Å². The van der Waals surface area contributed by atoms with Crippen molar-refractivity contribution in [3.8, 4) is 0 Å². The molecule has 0 aliphatic carbocycles. The second-order valence-corrected chi connectivity index (χ2v) is 8.38. The fraction of sp³-hybridized carbons (Fsp3) is 0.692. The molecule has 1 atom stereocenters. The van der Waals surface area contributed by atoms with E-state index in [-0.39, 0.29) is 17.1 Å². The second kappa shape index (κ2) is 7.74. The zero-order chi connectivity index (χ0) is 16.0. The van der Waals surface area contributed by atoms with E-state index in [4.69, 9.17) is 5.11 Å². The van der Waals surface area contributed by atoms with Gasteiger partial charge in [-0.15, -0.1) is 10.2 Å². The van der Waals surface area contributed by atoms with Crippen molar-refractivity contribution in [2.75, 3.05) is 11.1 Å². The minimum atomic E-state index is -0.906. The largest absolute Gasteiger partial charge is 0.481 e. The number of rotatable bonds is 7. The molecule has 8 heteroatoms. The number of thioether (sulfide) groups is 1. The lowest BCUT2D eigenvalue weighted by Crippen LogP contribution is -2.18. The summed E-state index contributed by atoms with van der Waals surface area (Å²) in [5, 5.41) is 19.4. The highest BCUT2D eigenvalue weighted by molar-refractivity contribution is 8.01. The van der Waals surface area contributed by atoms with Crippen LogP contribution in [0.4, 0.5) is 5.13 Å². The van der Waals surface area contributed by atoms with Gasteiger partial charge in [0.05, 0.1) is 5.75 Å². The van der Waals surface area contributed by atoms with Crippen LogP contribution in [0, 0.1) is 11.3 Å². The Morgan fingerprint density at radius 2 is 2.05 bits per heavy atom. The van der Waals surface area contributed by atoms with Crippen LogP contribution in [0.15, 0.2) is 4.34 Å². The minimum Gasteiger partial charge on any atom is -0.481 e. The molecule has 0 aliphatic heterocycles. The Labute approximate surface area is 132 Å². The predicted molar refractivity (Wildman–Crippen MR) is 84.8 cm³/mol. The van der Waals surface area contributed by atoms with Crippen LogP contribution in [0.25, 0.3) is 0 Å². The van der Waals surface area contributed by atoms with Gasteiger partial charge in [0.25, 0.3) is 0 Å². The van der Waals surface area contributed by atoms with Crippen LogP contribution in [0.2, 0.25) is 0 Å². The van der Waals surface area contributed by atoms with Gasteiger partial charge in [-0.3, -0.25) is 9.59 Å². The summed E-state index contributed by atoms with van der Waals surface area (Å²) in [4.78, 5) is 22.4. The molecule has 0 spiro atoms. The molecule has 21 heavy (non-hydrogen) atoms. The maximum absolute atomic E-state index is 11.9. The van der Waals surface area contributed by atoms with E-state index in [0.717, 1.165) is 18.2 Å². The number of nitrogens with zero attached hydrogens (tertiary/aromatic N) is 2. The Morgan fingerprint density at radius 3 is 2.62 bits per heavy atom. The number of hydrogen-bond acceptors (Lipinski definition) is 6. The molecule has 6 nitrogen and oxygen atoms in total. The Kier molecular flexibility index (Phi) is 6.60. The van der Waals surface area contributed by atoms with Gasteiger partial charge in [0.1, 0.15) is 0 Å².